The molecular weight excluding hydrogens is 252 g/mol. The lowest BCUT2D eigenvalue weighted by Gasteiger charge is -2.33. The van der Waals surface area contributed by atoms with E-state index in [0.29, 0.717) is 18.9 Å². The van der Waals surface area contributed by atoms with Crippen LogP contribution in [0.15, 0.2) is 0 Å². The molecule has 18 heavy (non-hydrogen) atoms. The lowest BCUT2D eigenvalue weighted by Crippen LogP contribution is -2.58. The number of hydrogen-bond acceptors (Lipinski definition) is 4. The molecule has 1 unspecified atom stereocenters. The van der Waals surface area contributed by atoms with Crippen LogP contribution in [0.3, 0.4) is 0 Å². The van der Waals surface area contributed by atoms with Gasteiger partial charge in [0.15, 0.2) is 0 Å². The van der Waals surface area contributed by atoms with E-state index in [1.165, 1.54) is 4.90 Å². The highest BCUT2D eigenvalue weighted by molar-refractivity contribution is 7.99. The van der Waals surface area contributed by atoms with E-state index in [9.17, 15) is 14.4 Å². The molecule has 0 bridgehead atoms. The van der Waals surface area contributed by atoms with Crippen molar-refractivity contribution in [3.8, 4) is 0 Å². The number of rotatable bonds is 3. The molecule has 0 spiro atoms. The predicted molar refractivity (Wildman–Crippen MR) is 69.1 cm³/mol. The van der Waals surface area contributed by atoms with E-state index in [4.69, 9.17) is 0 Å². The van der Waals surface area contributed by atoms with Crippen LogP contribution in [0.5, 0.6) is 0 Å². The van der Waals surface area contributed by atoms with Crippen molar-refractivity contribution in [3.63, 3.8) is 0 Å². The zero-order chi connectivity index (χ0) is 13.1. The second-order valence-corrected chi connectivity index (χ2v) is 5.98. The van der Waals surface area contributed by atoms with Crippen LogP contribution in [0.25, 0.3) is 0 Å². The van der Waals surface area contributed by atoms with Crippen molar-refractivity contribution in [1.29, 1.82) is 0 Å². The number of carbonyl (C=O) groups excluding carboxylic acids is 3. The average molecular weight is 270 g/mol. The van der Waals surface area contributed by atoms with Gasteiger partial charge in [0.25, 0.3) is 0 Å². The van der Waals surface area contributed by atoms with Crippen molar-refractivity contribution < 1.29 is 14.4 Å². The molecule has 2 heterocycles. The number of hydrogen-bond donors (Lipinski definition) is 1. The molecule has 5 nitrogen and oxygen atoms in total. The van der Waals surface area contributed by atoms with Crippen molar-refractivity contribution in [2.24, 2.45) is 11.8 Å². The van der Waals surface area contributed by atoms with Gasteiger partial charge in [-0.1, -0.05) is 6.92 Å². The summed E-state index contributed by atoms with van der Waals surface area (Å²) in [5.41, 5.74) is 0. The van der Waals surface area contributed by atoms with Gasteiger partial charge in [0.2, 0.25) is 11.8 Å². The molecule has 0 aromatic carbocycles. The van der Waals surface area contributed by atoms with Crippen LogP contribution in [0.4, 0.5) is 4.79 Å². The lowest BCUT2D eigenvalue weighted by molar-refractivity contribution is -0.143. The SMILES string of the molecule is CCC1C(=O)NC(=O)N(CC2CCSCC2)C1=O. The van der Waals surface area contributed by atoms with Gasteiger partial charge >= 0.3 is 6.03 Å². The van der Waals surface area contributed by atoms with Crippen molar-refractivity contribution in [2.75, 3.05) is 18.1 Å². The van der Waals surface area contributed by atoms with Gasteiger partial charge in [-0.2, -0.15) is 11.8 Å². The third kappa shape index (κ3) is 2.68. The minimum absolute atomic E-state index is 0.329. The maximum Gasteiger partial charge on any atom is 0.330 e. The molecular formula is C12H18N2O3S. The third-order valence-corrected chi connectivity index (χ3v) is 4.59. The third-order valence-electron chi connectivity index (χ3n) is 3.55. The highest BCUT2D eigenvalue weighted by Crippen LogP contribution is 2.25. The molecule has 2 aliphatic heterocycles. The Morgan fingerprint density at radius 2 is 1.94 bits per heavy atom. The Kier molecular flexibility index (Phi) is 4.27. The smallest absolute Gasteiger partial charge is 0.277 e. The van der Waals surface area contributed by atoms with Crippen LogP contribution in [-0.4, -0.2) is 40.8 Å². The molecule has 1 atom stereocenters. The van der Waals surface area contributed by atoms with E-state index < -0.39 is 17.9 Å². The van der Waals surface area contributed by atoms with Gasteiger partial charge in [-0.25, -0.2) is 4.79 Å². The van der Waals surface area contributed by atoms with Gasteiger partial charge in [0.05, 0.1) is 0 Å². The van der Waals surface area contributed by atoms with Crippen molar-refractivity contribution in [1.82, 2.24) is 10.2 Å². The van der Waals surface area contributed by atoms with Gasteiger partial charge in [0, 0.05) is 6.54 Å². The maximum absolute atomic E-state index is 12.1. The number of carbonyl (C=O) groups is 3. The molecule has 2 aliphatic rings. The largest absolute Gasteiger partial charge is 0.330 e. The van der Waals surface area contributed by atoms with E-state index in [0.717, 1.165) is 24.3 Å². The minimum Gasteiger partial charge on any atom is -0.277 e. The van der Waals surface area contributed by atoms with Crippen LogP contribution in [-0.2, 0) is 9.59 Å². The Labute approximate surface area is 111 Å². The van der Waals surface area contributed by atoms with Gasteiger partial charge in [-0.05, 0) is 36.7 Å². The first kappa shape index (κ1) is 13.4. The molecule has 100 valence electrons. The van der Waals surface area contributed by atoms with Crippen molar-refractivity contribution in [3.05, 3.63) is 0 Å². The Hall–Kier alpha value is -1.04. The molecule has 2 saturated heterocycles. The zero-order valence-corrected chi connectivity index (χ0v) is 11.3. The monoisotopic (exact) mass is 270 g/mol. The fraction of sp³-hybridized carbons (Fsp3) is 0.750. The van der Waals surface area contributed by atoms with Crippen molar-refractivity contribution in [2.45, 2.75) is 26.2 Å². The Balaban J connectivity index is 2.03. The first-order valence-corrected chi connectivity index (χ1v) is 7.53. The molecule has 0 saturated carbocycles. The summed E-state index contributed by atoms with van der Waals surface area (Å²) in [4.78, 5) is 36.5. The second kappa shape index (κ2) is 5.73. The average Bonchev–Trinajstić information content (AvgIpc) is 2.36. The molecule has 0 aromatic heterocycles. The topological polar surface area (TPSA) is 66.5 Å². The summed E-state index contributed by atoms with van der Waals surface area (Å²) >= 11 is 1.91. The van der Waals surface area contributed by atoms with Crippen LogP contribution < -0.4 is 5.32 Å². The Morgan fingerprint density at radius 3 is 2.56 bits per heavy atom. The number of amides is 4. The number of nitrogens with one attached hydrogen (secondary N) is 1. The van der Waals surface area contributed by atoms with Gasteiger partial charge in [0.1, 0.15) is 5.92 Å². The molecule has 4 amide bonds. The molecule has 1 N–H and O–H groups in total. The number of urea groups is 1. The minimum atomic E-state index is -0.694. The standard InChI is InChI=1S/C12H18N2O3S/c1-2-9-10(15)13-12(17)14(11(9)16)7-8-3-5-18-6-4-8/h8-9H,2-7H2,1H3,(H,13,15,17). The molecule has 2 rings (SSSR count). The molecule has 0 radical (unpaired) electrons. The van der Waals surface area contributed by atoms with Gasteiger partial charge in [-0.15, -0.1) is 0 Å². The first-order chi connectivity index (χ1) is 8.63. The fourth-order valence-corrected chi connectivity index (χ4v) is 3.58. The summed E-state index contributed by atoms with van der Waals surface area (Å²) in [7, 11) is 0. The summed E-state index contributed by atoms with van der Waals surface area (Å²) in [6, 6.07) is -0.548. The molecule has 0 aromatic rings. The van der Waals surface area contributed by atoms with Crippen molar-refractivity contribution >= 4 is 29.6 Å². The van der Waals surface area contributed by atoms with Crippen LogP contribution in [0.1, 0.15) is 26.2 Å². The van der Waals surface area contributed by atoms with Crippen LogP contribution in [0, 0.1) is 11.8 Å². The number of nitrogens with zero attached hydrogens (tertiary/aromatic N) is 1. The summed E-state index contributed by atoms with van der Waals surface area (Å²) < 4.78 is 0. The predicted octanol–water partition coefficient (Wildman–Crippen LogP) is 1.23. The Morgan fingerprint density at radius 1 is 1.28 bits per heavy atom. The molecule has 2 fully saturated rings. The number of barbiturate groups is 1. The fourth-order valence-electron chi connectivity index (χ4n) is 2.38. The number of imide groups is 2. The molecule has 6 heteroatoms. The highest BCUT2D eigenvalue weighted by atomic mass is 32.2. The van der Waals surface area contributed by atoms with Crippen LogP contribution in [0.2, 0.25) is 0 Å². The first-order valence-electron chi connectivity index (χ1n) is 6.37. The normalized spacial score (nSPS) is 26.4. The second-order valence-electron chi connectivity index (χ2n) is 4.76. The summed E-state index contributed by atoms with van der Waals surface area (Å²) in [6.45, 7) is 2.24. The van der Waals surface area contributed by atoms with E-state index in [2.05, 4.69) is 5.32 Å². The summed E-state index contributed by atoms with van der Waals surface area (Å²) in [5.74, 6) is 1.08. The summed E-state index contributed by atoms with van der Waals surface area (Å²) in [5, 5.41) is 2.27. The van der Waals surface area contributed by atoms with Gasteiger partial charge < -0.3 is 0 Å². The zero-order valence-electron chi connectivity index (χ0n) is 10.5. The van der Waals surface area contributed by atoms with E-state index in [1.807, 2.05) is 11.8 Å². The number of thioether (sulfide) groups is 1. The summed E-state index contributed by atoms with van der Waals surface area (Å²) in [6.07, 6.45) is 2.51. The van der Waals surface area contributed by atoms with Crippen LogP contribution >= 0.6 is 11.8 Å². The maximum atomic E-state index is 12.1. The highest BCUT2D eigenvalue weighted by Gasteiger charge is 2.39. The van der Waals surface area contributed by atoms with E-state index in [-0.39, 0.29) is 5.91 Å². The Bertz CT molecular complexity index is 366. The lowest BCUT2D eigenvalue weighted by atomic mass is 9.98. The molecule has 0 aliphatic carbocycles. The van der Waals surface area contributed by atoms with E-state index in [1.54, 1.807) is 6.92 Å². The van der Waals surface area contributed by atoms with E-state index >= 15 is 0 Å². The van der Waals surface area contributed by atoms with Gasteiger partial charge in [-0.3, -0.25) is 19.8 Å². The quantitative estimate of drug-likeness (QED) is 0.783.